The van der Waals surface area contributed by atoms with Crippen LogP contribution < -0.4 is 5.32 Å². The molecule has 1 heterocycles. The number of nitrogens with one attached hydrogen (secondary N) is 1. The lowest BCUT2D eigenvalue weighted by atomic mass is 10.1. The molecule has 2 aliphatic rings. The van der Waals surface area contributed by atoms with Gasteiger partial charge in [0.05, 0.1) is 0 Å². The minimum absolute atomic E-state index is 0.801. The van der Waals surface area contributed by atoms with Gasteiger partial charge in [0.25, 0.3) is 0 Å². The molecule has 0 spiro atoms. The Bertz CT molecular complexity index is 75.6. The Balaban J connectivity index is 2.46. The third kappa shape index (κ3) is 0.0934. The van der Waals surface area contributed by atoms with E-state index in [9.17, 15) is 0 Å². The summed E-state index contributed by atoms with van der Waals surface area (Å²) in [5.74, 6) is 0. The van der Waals surface area contributed by atoms with Crippen LogP contribution in [0.25, 0.3) is 0 Å². The molecule has 0 radical (unpaired) electrons. The molecule has 2 rings (SSSR count). The number of fused-ring (bicyclic) bond motifs is 1. The van der Waals surface area contributed by atoms with Gasteiger partial charge in [-0.05, 0) is 0 Å². The normalized spacial score (nSPS) is 54.4. The smallest absolute Gasteiger partial charge is 0.0447 e. The van der Waals surface area contributed by atoms with Crippen molar-refractivity contribution in [3.63, 3.8) is 0 Å². The molecular weight excluding hydrogens is 62.1 g/mol. The third-order valence-corrected chi connectivity index (χ3v) is 1.19. The van der Waals surface area contributed by atoms with E-state index in [4.69, 9.17) is 0 Å². The number of rotatable bonds is 0. The molecule has 1 heteroatoms. The van der Waals surface area contributed by atoms with Crippen LogP contribution in [0.15, 0.2) is 12.2 Å². The Hall–Kier alpha value is -0.300. The zero-order valence-corrected chi connectivity index (χ0v) is 2.81. The van der Waals surface area contributed by atoms with E-state index in [1.807, 2.05) is 0 Å². The van der Waals surface area contributed by atoms with Crippen molar-refractivity contribution in [1.82, 2.24) is 5.32 Å². The van der Waals surface area contributed by atoms with E-state index in [1.54, 1.807) is 0 Å². The first-order chi connectivity index (χ1) is 2.47. The highest BCUT2D eigenvalue weighted by Gasteiger charge is 2.37. The third-order valence-electron chi connectivity index (χ3n) is 1.19. The van der Waals surface area contributed by atoms with Crippen molar-refractivity contribution in [2.45, 2.75) is 12.1 Å². The molecule has 1 saturated heterocycles. The van der Waals surface area contributed by atoms with Crippen LogP contribution in [0, 0.1) is 0 Å². The zero-order chi connectivity index (χ0) is 3.28. The second-order valence-corrected chi connectivity index (χ2v) is 1.60. The molecule has 0 amide bonds. The van der Waals surface area contributed by atoms with Gasteiger partial charge in [0.1, 0.15) is 0 Å². The molecule has 2 atom stereocenters. The molecule has 0 saturated carbocycles. The quantitative estimate of drug-likeness (QED) is 0.310. The van der Waals surface area contributed by atoms with E-state index in [-0.39, 0.29) is 0 Å². The fourth-order valence-corrected chi connectivity index (χ4v) is 0.611. The second-order valence-electron chi connectivity index (χ2n) is 1.60. The van der Waals surface area contributed by atoms with Crippen molar-refractivity contribution < 1.29 is 0 Å². The highest BCUT2D eigenvalue weighted by Crippen LogP contribution is 2.22. The Kier molecular flexibility index (Phi) is 0.141. The lowest BCUT2D eigenvalue weighted by Crippen LogP contribution is -1.93. The van der Waals surface area contributed by atoms with Crippen molar-refractivity contribution >= 4 is 0 Å². The van der Waals surface area contributed by atoms with Crippen LogP contribution in [-0.4, -0.2) is 12.1 Å². The largest absolute Gasteiger partial charge is 0.301 e. The standard InChI is InChI=1S/C4H5N/c1-2-4-3(1)5-4/h1-5H. The molecule has 0 aromatic carbocycles. The molecule has 1 N–H and O–H groups in total. The predicted molar refractivity (Wildman–Crippen MR) is 19.9 cm³/mol. The van der Waals surface area contributed by atoms with Crippen LogP contribution in [0.3, 0.4) is 0 Å². The van der Waals surface area contributed by atoms with Crippen LogP contribution in [0.2, 0.25) is 0 Å². The SMILES string of the molecule is C1=CC2NC12. The fraction of sp³-hybridized carbons (Fsp3) is 0.500. The van der Waals surface area contributed by atoms with E-state index < -0.39 is 0 Å². The van der Waals surface area contributed by atoms with Crippen LogP contribution in [0.5, 0.6) is 0 Å². The Morgan fingerprint density at radius 3 is 1.80 bits per heavy atom. The molecule has 1 aliphatic heterocycles. The first kappa shape index (κ1) is 1.98. The monoisotopic (exact) mass is 67.0 g/mol. The van der Waals surface area contributed by atoms with E-state index >= 15 is 0 Å². The van der Waals surface area contributed by atoms with Crippen molar-refractivity contribution in [1.29, 1.82) is 0 Å². The van der Waals surface area contributed by atoms with Gasteiger partial charge < -0.3 is 5.32 Å². The van der Waals surface area contributed by atoms with Crippen molar-refractivity contribution in [2.75, 3.05) is 0 Å². The van der Waals surface area contributed by atoms with Crippen LogP contribution in [-0.2, 0) is 0 Å². The predicted octanol–water partition coefficient (Wildman–Crippen LogP) is -0.103. The van der Waals surface area contributed by atoms with Gasteiger partial charge in [-0.25, -0.2) is 0 Å². The number of hydrogen-bond donors (Lipinski definition) is 1. The molecule has 0 aromatic rings. The lowest BCUT2D eigenvalue weighted by Gasteiger charge is -1.87. The Labute approximate surface area is 30.7 Å². The van der Waals surface area contributed by atoms with Crippen LogP contribution >= 0.6 is 0 Å². The van der Waals surface area contributed by atoms with Gasteiger partial charge in [-0.1, -0.05) is 12.2 Å². The molecular formula is C4H5N. The first-order valence-corrected chi connectivity index (χ1v) is 1.91. The molecule has 1 nitrogen and oxygen atoms in total. The fourth-order valence-electron chi connectivity index (χ4n) is 0.611. The Morgan fingerprint density at radius 2 is 1.80 bits per heavy atom. The summed E-state index contributed by atoms with van der Waals surface area (Å²) in [5, 5.41) is 3.19. The summed E-state index contributed by atoms with van der Waals surface area (Å²) >= 11 is 0. The topological polar surface area (TPSA) is 21.9 Å². The summed E-state index contributed by atoms with van der Waals surface area (Å²) in [6, 6.07) is 1.60. The minimum atomic E-state index is 0.801. The van der Waals surface area contributed by atoms with Crippen molar-refractivity contribution in [2.24, 2.45) is 0 Å². The zero-order valence-electron chi connectivity index (χ0n) is 2.81. The average molecular weight is 67.1 g/mol. The molecule has 2 unspecified atom stereocenters. The minimum Gasteiger partial charge on any atom is -0.301 e. The van der Waals surface area contributed by atoms with Crippen LogP contribution in [0.1, 0.15) is 0 Å². The van der Waals surface area contributed by atoms with E-state index in [0.717, 1.165) is 12.1 Å². The molecule has 0 aromatic heterocycles. The van der Waals surface area contributed by atoms with Gasteiger partial charge in [0.2, 0.25) is 0 Å². The molecule has 0 bridgehead atoms. The molecule has 1 fully saturated rings. The van der Waals surface area contributed by atoms with Gasteiger partial charge in [-0.2, -0.15) is 0 Å². The number of hydrogen-bond acceptors (Lipinski definition) is 1. The van der Waals surface area contributed by atoms with Crippen molar-refractivity contribution in [3.8, 4) is 0 Å². The summed E-state index contributed by atoms with van der Waals surface area (Å²) in [4.78, 5) is 0. The highest BCUT2D eigenvalue weighted by molar-refractivity contribution is 5.30. The molecule has 1 aliphatic carbocycles. The van der Waals surface area contributed by atoms with Gasteiger partial charge in [-0.3, -0.25) is 0 Å². The van der Waals surface area contributed by atoms with E-state index in [2.05, 4.69) is 17.5 Å². The average Bonchev–Trinajstić information content (AvgIpc) is 1.74. The lowest BCUT2D eigenvalue weighted by molar-refractivity contribution is 1.13. The summed E-state index contributed by atoms with van der Waals surface area (Å²) in [7, 11) is 0. The molecule has 5 heavy (non-hydrogen) atoms. The highest BCUT2D eigenvalue weighted by atomic mass is 15.2. The summed E-state index contributed by atoms with van der Waals surface area (Å²) < 4.78 is 0. The van der Waals surface area contributed by atoms with Gasteiger partial charge in [0, 0.05) is 12.1 Å². The summed E-state index contributed by atoms with van der Waals surface area (Å²) in [6.45, 7) is 0. The second kappa shape index (κ2) is 0.356. The molecule has 26 valence electrons. The summed E-state index contributed by atoms with van der Waals surface area (Å²) in [6.07, 6.45) is 4.37. The maximum absolute atomic E-state index is 3.19. The van der Waals surface area contributed by atoms with Crippen molar-refractivity contribution in [3.05, 3.63) is 12.2 Å². The Morgan fingerprint density at radius 1 is 1.20 bits per heavy atom. The first-order valence-electron chi connectivity index (χ1n) is 1.91. The van der Waals surface area contributed by atoms with Gasteiger partial charge in [-0.15, -0.1) is 0 Å². The van der Waals surface area contributed by atoms with Crippen LogP contribution in [0.4, 0.5) is 0 Å². The van der Waals surface area contributed by atoms with Gasteiger partial charge >= 0.3 is 0 Å². The maximum atomic E-state index is 3.19. The maximum Gasteiger partial charge on any atom is 0.0447 e. The van der Waals surface area contributed by atoms with E-state index in [0.29, 0.717) is 0 Å². The van der Waals surface area contributed by atoms with E-state index in [1.165, 1.54) is 0 Å². The summed E-state index contributed by atoms with van der Waals surface area (Å²) in [5.41, 5.74) is 0. The van der Waals surface area contributed by atoms with Gasteiger partial charge in [0.15, 0.2) is 0 Å².